The van der Waals surface area contributed by atoms with Crippen LogP contribution in [0.1, 0.15) is 245 Å². The van der Waals surface area contributed by atoms with Crippen LogP contribution in [0.5, 0.6) is 0 Å². The number of allylic oxidation sites excluding steroid dienone is 18. The average molecular weight is 943 g/mol. The molecule has 0 bridgehead atoms. The summed E-state index contributed by atoms with van der Waals surface area (Å²) in [5.41, 5.74) is 0. The maximum atomic E-state index is 12.8. The summed E-state index contributed by atoms with van der Waals surface area (Å²) in [6.07, 6.45) is 75.1. The van der Waals surface area contributed by atoms with Gasteiger partial charge in [-0.1, -0.05) is 239 Å². The highest BCUT2D eigenvalue weighted by Crippen LogP contribution is 2.14. The van der Waals surface area contributed by atoms with E-state index in [1.54, 1.807) is 0 Å². The molecule has 0 aliphatic heterocycles. The average Bonchev–Trinajstić information content (AvgIpc) is 3.34. The Hall–Kier alpha value is -3.93. The van der Waals surface area contributed by atoms with E-state index in [1.807, 2.05) is 48.6 Å². The van der Waals surface area contributed by atoms with Gasteiger partial charge in [0.15, 0.2) is 6.10 Å². The van der Waals surface area contributed by atoms with Gasteiger partial charge in [-0.2, -0.15) is 0 Å². The van der Waals surface area contributed by atoms with Crippen molar-refractivity contribution >= 4 is 17.9 Å². The van der Waals surface area contributed by atoms with Crippen molar-refractivity contribution in [2.24, 2.45) is 0 Å². The number of esters is 3. The molecule has 0 N–H and O–H groups in total. The van der Waals surface area contributed by atoms with Gasteiger partial charge in [-0.3, -0.25) is 14.4 Å². The molecule has 1 atom stereocenters. The van der Waals surface area contributed by atoms with E-state index in [2.05, 4.69) is 81.5 Å². The lowest BCUT2D eigenvalue weighted by molar-refractivity contribution is -0.167. The predicted octanol–water partition coefficient (Wildman–Crippen LogP) is 18.7. The SMILES string of the molecule is CC\C=C/C=C\C=C/C=C\C=C/CCCCCC(=O)OCC(COC(=O)CCCCCCC/C=C\CCCCCCCCCCC)OC(=O)CCC/C=C\C/C=C\C/C=C\CCCCCCCC. The van der Waals surface area contributed by atoms with Crippen molar-refractivity contribution in [3.05, 3.63) is 109 Å². The fourth-order valence-electron chi connectivity index (χ4n) is 7.41. The fraction of sp³-hybridized carbons (Fsp3) is 0.661. The molecule has 0 aromatic heterocycles. The van der Waals surface area contributed by atoms with Crippen LogP contribution in [0.25, 0.3) is 0 Å². The number of hydrogen-bond acceptors (Lipinski definition) is 6. The van der Waals surface area contributed by atoms with Gasteiger partial charge in [0.05, 0.1) is 0 Å². The second-order valence-electron chi connectivity index (χ2n) is 18.2. The number of carbonyl (C=O) groups excluding carboxylic acids is 3. The molecule has 0 aromatic carbocycles. The molecule has 68 heavy (non-hydrogen) atoms. The highest BCUT2D eigenvalue weighted by atomic mass is 16.6. The highest BCUT2D eigenvalue weighted by molar-refractivity contribution is 5.71. The van der Waals surface area contributed by atoms with Gasteiger partial charge >= 0.3 is 17.9 Å². The van der Waals surface area contributed by atoms with Crippen molar-refractivity contribution in [3.8, 4) is 0 Å². The number of rotatable bonds is 49. The molecule has 0 spiro atoms. The number of ether oxygens (including phenoxy) is 3. The Morgan fingerprint density at radius 2 is 0.647 bits per heavy atom. The van der Waals surface area contributed by atoms with Crippen molar-refractivity contribution < 1.29 is 28.6 Å². The van der Waals surface area contributed by atoms with E-state index in [4.69, 9.17) is 14.2 Å². The van der Waals surface area contributed by atoms with Crippen LogP contribution in [0.15, 0.2) is 109 Å². The van der Waals surface area contributed by atoms with E-state index in [1.165, 1.54) is 116 Å². The Bertz CT molecular complexity index is 1410. The van der Waals surface area contributed by atoms with Crippen LogP contribution in [0.3, 0.4) is 0 Å². The molecule has 0 saturated heterocycles. The summed E-state index contributed by atoms with van der Waals surface area (Å²) in [6, 6.07) is 0. The molecule has 6 heteroatoms. The second kappa shape index (κ2) is 55.7. The maximum absolute atomic E-state index is 12.8. The van der Waals surface area contributed by atoms with Gasteiger partial charge in [-0.05, 0) is 96.3 Å². The molecule has 386 valence electrons. The van der Waals surface area contributed by atoms with Gasteiger partial charge in [0.2, 0.25) is 0 Å². The van der Waals surface area contributed by atoms with E-state index >= 15 is 0 Å². The molecule has 0 rings (SSSR count). The van der Waals surface area contributed by atoms with Gasteiger partial charge in [-0.25, -0.2) is 0 Å². The Labute approximate surface area is 419 Å². The zero-order valence-corrected chi connectivity index (χ0v) is 44.1. The van der Waals surface area contributed by atoms with Crippen LogP contribution in [0.2, 0.25) is 0 Å². The molecule has 0 aliphatic rings. The summed E-state index contributed by atoms with van der Waals surface area (Å²) in [7, 11) is 0. The summed E-state index contributed by atoms with van der Waals surface area (Å²) < 4.78 is 16.8. The van der Waals surface area contributed by atoms with Crippen molar-refractivity contribution in [1.82, 2.24) is 0 Å². The molecular formula is C62H102O6. The topological polar surface area (TPSA) is 78.9 Å². The number of hydrogen-bond donors (Lipinski definition) is 0. The van der Waals surface area contributed by atoms with E-state index in [-0.39, 0.29) is 37.5 Å². The zero-order valence-electron chi connectivity index (χ0n) is 44.1. The lowest BCUT2D eigenvalue weighted by Gasteiger charge is -2.18. The molecule has 0 heterocycles. The van der Waals surface area contributed by atoms with Crippen LogP contribution >= 0.6 is 0 Å². The van der Waals surface area contributed by atoms with E-state index in [9.17, 15) is 14.4 Å². The third-order valence-electron chi connectivity index (χ3n) is 11.6. The van der Waals surface area contributed by atoms with E-state index in [0.717, 1.165) is 83.5 Å². The molecule has 0 saturated carbocycles. The van der Waals surface area contributed by atoms with Crippen molar-refractivity contribution in [2.45, 2.75) is 252 Å². The minimum Gasteiger partial charge on any atom is -0.462 e. The molecule has 6 nitrogen and oxygen atoms in total. The van der Waals surface area contributed by atoms with Crippen molar-refractivity contribution in [1.29, 1.82) is 0 Å². The van der Waals surface area contributed by atoms with Crippen LogP contribution in [0, 0.1) is 0 Å². The monoisotopic (exact) mass is 943 g/mol. The van der Waals surface area contributed by atoms with Gasteiger partial charge in [-0.15, -0.1) is 0 Å². The third kappa shape index (κ3) is 53.0. The predicted molar refractivity (Wildman–Crippen MR) is 293 cm³/mol. The molecular weight excluding hydrogens is 841 g/mol. The lowest BCUT2D eigenvalue weighted by atomic mass is 10.1. The van der Waals surface area contributed by atoms with Crippen molar-refractivity contribution in [3.63, 3.8) is 0 Å². The van der Waals surface area contributed by atoms with Gasteiger partial charge in [0.1, 0.15) is 13.2 Å². The third-order valence-corrected chi connectivity index (χ3v) is 11.6. The van der Waals surface area contributed by atoms with Crippen LogP contribution in [-0.4, -0.2) is 37.2 Å². The zero-order chi connectivity index (χ0) is 49.3. The summed E-state index contributed by atoms with van der Waals surface area (Å²) in [5.74, 6) is -1.02. The van der Waals surface area contributed by atoms with E-state index in [0.29, 0.717) is 19.3 Å². The Kier molecular flexibility index (Phi) is 52.4. The molecule has 0 aromatic rings. The quantitative estimate of drug-likeness (QED) is 0.0199. The van der Waals surface area contributed by atoms with Crippen LogP contribution in [-0.2, 0) is 28.6 Å². The molecule has 0 amide bonds. The Morgan fingerprint density at radius 1 is 0.324 bits per heavy atom. The number of unbranched alkanes of at least 4 members (excludes halogenated alkanes) is 24. The summed E-state index contributed by atoms with van der Waals surface area (Å²) in [4.78, 5) is 38.1. The Morgan fingerprint density at radius 3 is 1.10 bits per heavy atom. The minimum atomic E-state index is -0.828. The summed E-state index contributed by atoms with van der Waals surface area (Å²) in [5, 5.41) is 0. The largest absolute Gasteiger partial charge is 0.462 e. The molecule has 0 aliphatic carbocycles. The first-order valence-electron chi connectivity index (χ1n) is 28.0. The molecule has 1 unspecified atom stereocenters. The maximum Gasteiger partial charge on any atom is 0.306 e. The van der Waals surface area contributed by atoms with Gasteiger partial charge < -0.3 is 14.2 Å². The summed E-state index contributed by atoms with van der Waals surface area (Å²) in [6.45, 7) is 6.40. The second-order valence-corrected chi connectivity index (χ2v) is 18.2. The first kappa shape index (κ1) is 64.1. The molecule has 0 fully saturated rings. The van der Waals surface area contributed by atoms with Gasteiger partial charge in [0.25, 0.3) is 0 Å². The Balaban J connectivity index is 4.54. The van der Waals surface area contributed by atoms with Gasteiger partial charge in [0, 0.05) is 19.3 Å². The normalized spacial score (nSPS) is 12.9. The smallest absolute Gasteiger partial charge is 0.306 e. The first-order chi connectivity index (χ1) is 33.5. The number of carbonyl (C=O) groups is 3. The lowest BCUT2D eigenvalue weighted by Crippen LogP contribution is -2.30. The summed E-state index contributed by atoms with van der Waals surface area (Å²) >= 11 is 0. The standard InChI is InChI=1S/C62H102O6/c1-4-7-10-13-16-19-22-25-28-30-32-34-37-40-43-46-49-52-55-61(64)67-58-59(57-66-60(63)54-51-48-45-42-39-36-33-27-24-21-18-15-12-9-6-3)68-62(65)56-53-50-47-44-41-38-35-31-29-26-23-20-17-14-11-8-5-2/h9,12,15,18,21,24,26-27,29,32-36,38-39,44,47,59H,4-8,10-11,13-14,16-17,19-20,22-23,25,28,30-31,37,40-43,45-46,48-58H2,1-3H3/b12-9-,18-15-,24-21-,29-26-,33-27-,34-32-,38-35-,39-36-,47-44-. The van der Waals surface area contributed by atoms with Crippen molar-refractivity contribution in [2.75, 3.05) is 13.2 Å². The van der Waals surface area contributed by atoms with Crippen LogP contribution in [0.4, 0.5) is 0 Å². The first-order valence-corrected chi connectivity index (χ1v) is 28.0. The fourth-order valence-corrected chi connectivity index (χ4v) is 7.41. The van der Waals surface area contributed by atoms with Crippen LogP contribution < -0.4 is 0 Å². The molecule has 0 radical (unpaired) electrons. The minimum absolute atomic E-state index is 0.118. The highest BCUT2D eigenvalue weighted by Gasteiger charge is 2.19. The van der Waals surface area contributed by atoms with E-state index < -0.39 is 6.10 Å².